The van der Waals surface area contributed by atoms with Gasteiger partial charge in [-0.1, -0.05) is 12.1 Å². The van der Waals surface area contributed by atoms with E-state index in [0.29, 0.717) is 0 Å². The number of ether oxygens (including phenoxy) is 3. The zero-order valence-corrected chi connectivity index (χ0v) is 19.9. The number of fused-ring (bicyclic) bond motifs is 1. The average Bonchev–Trinajstić information content (AvgIpc) is 2.83. The van der Waals surface area contributed by atoms with Crippen molar-refractivity contribution in [2.24, 2.45) is 0 Å². The standard InChI is InChI=1S/C28H30N2O4/c1-28(2)16-15-20-17-19(5-14-26(20)34-28)25(29-21-6-10-23(32-3)11-7-21)18-27(31)30-22-8-12-24(33-4)13-9-22/h5-17,25,29H,18H2,1-4H3,(H,30,31). The lowest BCUT2D eigenvalue weighted by Crippen LogP contribution is -2.27. The van der Waals surface area contributed by atoms with Gasteiger partial charge in [-0.25, -0.2) is 0 Å². The van der Waals surface area contributed by atoms with Crippen LogP contribution in [0, 0.1) is 0 Å². The summed E-state index contributed by atoms with van der Waals surface area (Å²) in [6.07, 6.45) is 4.36. The third kappa shape index (κ3) is 5.70. The fraction of sp³-hybridized carbons (Fsp3) is 0.250. The smallest absolute Gasteiger partial charge is 0.226 e. The first-order valence-electron chi connectivity index (χ1n) is 11.2. The Morgan fingerprint density at radius 1 is 0.912 bits per heavy atom. The molecule has 0 fully saturated rings. The highest BCUT2D eigenvalue weighted by Crippen LogP contribution is 2.34. The van der Waals surface area contributed by atoms with E-state index in [-0.39, 0.29) is 24.0 Å². The third-order valence-corrected chi connectivity index (χ3v) is 5.67. The number of carbonyl (C=O) groups is 1. The number of anilines is 2. The Kier molecular flexibility index (Phi) is 6.77. The third-order valence-electron chi connectivity index (χ3n) is 5.67. The van der Waals surface area contributed by atoms with Crippen LogP contribution in [0.5, 0.6) is 17.2 Å². The summed E-state index contributed by atoms with van der Waals surface area (Å²) >= 11 is 0. The van der Waals surface area contributed by atoms with Crippen molar-refractivity contribution in [3.8, 4) is 17.2 Å². The molecule has 0 bridgehead atoms. The number of rotatable bonds is 8. The quantitative estimate of drug-likeness (QED) is 0.429. The summed E-state index contributed by atoms with van der Waals surface area (Å²) in [5.41, 5.74) is 3.26. The van der Waals surface area contributed by atoms with Crippen LogP contribution >= 0.6 is 0 Å². The molecule has 6 nitrogen and oxygen atoms in total. The van der Waals surface area contributed by atoms with Crippen molar-refractivity contribution in [3.63, 3.8) is 0 Å². The number of amides is 1. The topological polar surface area (TPSA) is 68.8 Å². The zero-order chi connectivity index (χ0) is 24.1. The number of carbonyl (C=O) groups excluding carboxylic acids is 1. The molecule has 0 spiro atoms. The first kappa shape index (κ1) is 23.2. The van der Waals surface area contributed by atoms with E-state index < -0.39 is 0 Å². The lowest BCUT2D eigenvalue weighted by atomic mass is 9.96. The first-order chi connectivity index (χ1) is 16.3. The second kappa shape index (κ2) is 9.91. The van der Waals surface area contributed by atoms with Crippen LogP contribution in [-0.4, -0.2) is 25.7 Å². The molecule has 1 unspecified atom stereocenters. The van der Waals surface area contributed by atoms with Crippen LogP contribution in [0.4, 0.5) is 11.4 Å². The molecule has 0 radical (unpaired) electrons. The molecule has 6 heteroatoms. The van der Waals surface area contributed by atoms with Gasteiger partial charge in [-0.2, -0.15) is 0 Å². The normalized spacial score (nSPS) is 14.4. The Morgan fingerprint density at radius 3 is 2.15 bits per heavy atom. The van der Waals surface area contributed by atoms with Gasteiger partial charge in [0, 0.05) is 16.9 Å². The number of hydrogen-bond donors (Lipinski definition) is 2. The minimum atomic E-state index is -0.340. The minimum absolute atomic E-state index is 0.0955. The Morgan fingerprint density at radius 2 is 1.53 bits per heavy atom. The SMILES string of the molecule is COc1ccc(NC(=O)CC(Nc2ccc(OC)cc2)c2ccc3c(c2)C=CC(C)(C)O3)cc1. The maximum atomic E-state index is 13.0. The van der Waals surface area contributed by atoms with Gasteiger partial charge in [0.05, 0.1) is 26.7 Å². The van der Waals surface area contributed by atoms with E-state index in [9.17, 15) is 4.79 Å². The number of methoxy groups -OCH3 is 2. The fourth-order valence-electron chi connectivity index (χ4n) is 3.83. The molecule has 0 saturated carbocycles. The van der Waals surface area contributed by atoms with Gasteiger partial charge in [-0.15, -0.1) is 0 Å². The van der Waals surface area contributed by atoms with Gasteiger partial charge in [-0.05, 0) is 86.2 Å². The van der Waals surface area contributed by atoms with E-state index in [1.165, 1.54) is 0 Å². The summed E-state index contributed by atoms with van der Waals surface area (Å²) in [7, 11) is 3.25. The maximum Gasteiger partial charge on any atom is 0.226 e. The van der Waals surface area contributed by atoms with Gasteiger partial charge in [0.2, 0.25) is 5.91 Å². The molecule has 4 rings (SSSR count). The highest BCUT2D eigenvalue weighted by molar-refractivity contribution is 5.91. The molecule has 3 aromatic carbocycles. The molecule has 0 saturated heterocycles. The van der Waals surface area contributed by atoms with E-state index in [1.807, 2.05) is 80.6 Å². The van der Waals surface area contributed by atoms with E-state index in [1.54, 1.807) is 14.2 Å². The molecule has 0 aromatic heterocycles. The lowest BCUT2D eigenvalue weighted by molar-refractivity contribution is -0.116. The van der Waals surface area contributed by atoms with E-state index in [0.717, 1.165) is 39.8 Å². The van der Waals surface area contributed by atoms with E-state index >= 15 is 0 Å². The van der Waals surface area contributed by atoms with Gasteiger partial charge < -0.3 is 24.8 Å². The number of benzene rings is 3. The van der Waals surface area contributed by atoms with Gasteiger partial charge >= 0.3 is 0 Å². The van der Waals surface area contributed by atoms with Crippen LogP contribution < -0.4 is 24.8 Å². The van der Waals surface area contributed by atoms with Crippen molar-refractivity contribution in [2.75, 3.05) is 24.9 Å². The molecule has 0 aliphatic carbocycles. The average molecular weight is 459 g/mol. The second-order valence-corrected chi connectivity index (χ2v) is 8.74. The Labute approximate surface area is 200 Å². The zero-order valence-electron chi connectivity index (χ0n) is 19.9. The van der Waals surface area contributed by atoms with Crippen molar-refractivity contribution in [1.29, 1.82) is 0 Å². The fourth-order valence-corrected chi connectivity index (χ4v) is 3.83. The summed E-state index contributed by atoms with van der Waals surface area (Å²) in [4.78, 5) is 13.0. The molecule has 1 atom stereocenters. The molecule has 2 N–H and O–H groups in total. The van der Waals surface area contributed by atoms with Crippen LogP contribution in [0.15, 0.2) is 72.8 Å². The first-order valence-corrected chi connectivity index (χ1v) is 11.2. The molecule has 176 valence electrons. The molecule has 1 aliphatic heterocycles. The largest absolute Gasteiger partial charge is 0.497 e. The number of nitrogens with one attached hydrogen (secondary N) is 2. The molecule has 34 heavy (non-hydrogen) atoms. The summed E-state index contributed by atoms with van der Waals surface area (Å²) < 4.78 is 16.5. The number of hydrogen-bond acceptors (Lipinski definition) is 5. The van der Waals surface area contributed by atoms with Crippen molar-refractivity contribution in [3.05, 3.63) is 83.9 Å². The summed E-state index contributed by atoms with van der Waals surface area (Å²) in [6.45, 7) is 4.05. The van der Waals surface area contributed by atoms with Crippen LogP contribution in [-0.2, 0) is 4.79 Å². The van der Waals surface area contributed by atoms with Crippen LogP contribution in [0.3, 0.4) is 0 Å². The van der Waals surface area contributed by atoms with Crippen molar-refractivity contribution >= 4 is 23.4 Å². The van der Waals surface area contributed by atoms with E-state index in [4.69, 9.17) is 14.2 Å². The maximum absolute atomic E-state index is 13.0. The van der Waals surface area contributed by atoms with Gasteiger partial charge in [0.15, 0.2) is 0 Å². The monoisotopic (exact) mass is 458 g/mol. The Balaban J connectivity index is 1.56. The minimum Gasteiger partial charge on any atom is -0.497 e. The van der Waals surface area contributed by atoms with Gasteiger partial charge in [0.1, 0.15) is 22.8 Å². The van der Waals surface area contributed by atoms with Crippen molar-refractivity contribution in [2.45, 2.75) is 31.9 Å². The summed E-state index contributed by atoms with van der Waals surface area (Å²) in [5.74, 6) is 2.26. The van der Waals surface area contributed by atoms with Crippen LogP contribution in [0.25, 0.3) is 6.08 Å². The lowest BCUT2D eigenvalue weighted by Gasteiger charge is -2.29. The van der Waals surface area contributed by atoms with Gasteiger partial charge in [0.25, 0.3) is 0 Å². The summed E-state index contributed by atoms with van der Waals surface area (Å²) in [5, 5.41) is 6.48. The molecular weight excluding hydrogens is 428 g/mol. The highest BCUT2D eigenvalue weighted by atomic mass is 16.5. The summed E-state index contributed by atoms with van der Waals surface area (Å²) in [6, 6.07) is 20.8. The van der Waals surface area contributed by atoms with Crippen LogP contribution in [0.1, 0.15) is 37.4 Å². The van der Waals surface area contributed by atoms with Gasteiger partial charge in [-0.3, -0.25) is 4.79 Å². The molecule has 1 aliphatic rings. The van der Waals surface area contributed by atoms with Crippen molar-refractivity contribution < 1.29 is 19.0 Å². The molecule has 1 amide bonds. The Bertz CT molecular complexity index is 1170. The Hall–Kier alpha value is -3.93. The molecule has 3 aromatic rings. The van der Waals surface area contributed by atoms with E-state index in [2.05, 4.69) is 22.8 Å². The predicted molar refractivity (Wildman–Crippen MR) is 136 cm³/mol. The second-order valence-electron chi connectivity index (χ2n) is 8.74. The molecular formula is C28H30N2O4. The predicted octanol–water partition coefficient (Wildman–Crippen LogP) is 6.07. The van der Waals surface area contributed by atoms with Crippen molar-refractivity contribution in [1.82, 2.24) is 0 Å². The molecule has 1 heterocycles. The van der Waals surface area contributed by atoms with Crippen LogP contribution in [0.2, 0.25) is 0 Å². The highest BCUT2D eigenvalue weighted by Gasteiger charge is 2.23.